The van der Waals surface area contributed by atoms with Crippen molar-refractivity contribution in [3.05, 3.63) is 18.2 Å². The number of anilines is 1. The highest BCUT2D eigenvalue weighted by molar-refractivity contribution is 7.89. The summed E-state index contributed by atoms with van der Waals surface area (Å²) in [7, 11) is -2.27. The summed E-state index contributed by atoms with van der Waals surface area (Å²) in [6, 6.07) is 4.40. The molecule has 0 spiro atoms. The molecule has 5 aliphatic rings. The monoisotopic (exact) mass is 491 g/mol. The molecule has 4 bridgehead atoms. The first-order valence-corrected chi connectivity index (χ1v) is 13.6. The zero-order valence-electron chi connectivity index (χ0n) is 19.5. The summed E-state index contributed by atoms with van der Waals surface area (Å²) in [5, 5.41) is 5.58. The molecular formula is C24H33N3O6S. The van der Waals surface area contributed by atoms with Crippen molar-refractivity contribution in [2.24, 2.45) is 23.2 Å². The lowest BCUT2D eigenvalue weighted by molar-refractivity contribution is -0.146. The van der Waals surface area contributed by atoms with Gasteiger partial charge in [-0.3, -0.25) is 9.59 Å². The van der Waals surface area contributed by atoms with Crippen LogP contribution < -0.4 is 15.4 Å². The Kier molecular flexibility index (Phi) is 6.32. The number of ether oxygens (including phenoxy) is 2. The van der Waals surface area contributed by atoms with Crippen LogP contribution in [0.1, 0.15) is 38.5 Å². The molecule has 1 saturated heterocycles. The molecule has 0 radical (unpaired) electrons. The Bertz CT molecular complexity index is 1030. The van der Waals surface area contributed by atoms with E-state index in [1.165, 1.54) is 48.9 Å². The predicted octanol–water partition coefficient (Wildman–Crippen LogP) is 1.99. The number of nitrogens with zero attached hydrogens (tertiary/aromatic N) is 1. The smallest absolute Gasteiger partial charge is 0.243 e. The summed E-state index contributed by atoms with van der Waals surface area (Å²) in [5.41, 5.74) is -0.0651. The van der Waals surface area contributed by atoms with Crippen molar-refractivity contribution in [2.45, 2.75) is 43.4 Å². The molecule has 2 N–H and O–H groups in total. The maximum absolute atomic E-state index is 13.1. The van der Waals surface area contributed by atoms with E-state index in [1.807, 2.05) is 0 Å². The Morgan fingerprint density at radius 2 is 1.71 bits per heavy atom. The highest BCUT2D eigenvalue weighted by atomic mass is 32.2. The van der Waals surface area contributed by atoms with Crippen LogP contribution in [0.5, 0.6) is 5.75 Å². The predicted molar refractivity (Wildman–Crippen MR) is 125 cm³/mol. The van der Waals surface area contributed by atoms with Crippen LogP contribution in [0.25, 0.3) is 0 Å². The van der Waals surface area contributed by atoms with E-state index in [1.54, 1.807) is 0 Å². The maximum Gasteiger partial charge on any atom is 0.243 e. The number of carbonyl (C=O) groups is 2. The lowest BCUT2D eigenvalue weighted by atomic mass is 9.49. The van der Waals surface area contributed by atoms with Gasteiger partial charge < -0.3 is 20.1 Å². The number of nitrogens with one attached hydrogen (secondary N) is 2. The Labute approximate surface area is 200 Å². The first-order chi connectivity index (χ1) is 16.3. The van der Waals surface area contributed by atoms with Crippen LogP contribution in [-0.4, -0.2) is 64.5 Å². The van der Waals surface area contributed by atoms with Crippen molar-refractivity contribution in [2.75, 3.05) is 45.3 Å². The number of carbonyl (C=O) groups excluding carboxylic acids is 2. The van der Waals surface area contributed by atoms with Gasteiger partial charge in [0, 0.05) is 18.5 Å². The minimum atomic E-state index is -3.72. The van der Waals surface area contributed by atoms with E-state index in [-0.39, 0.29) is 41.5 Å². The highest BCUT2D eigenvalue weighted by Crippen LogP contribution is 2.60. The Balaban J connectivity index is 1.24. The molecule has 1 heterocycles. The van der Waals surface area contributed by atoms with Crippen LogP contribution in [-0.2, 0) is 24.3 Å². The molecule has 34 heavy (non-hydrogen) atoms. The summed E-state index contributed by atoms with van der Waals surface area (Å²) in [6.45, 7) is 1.10. The zero-order valence-corrected chi connectivity index (χ0v) is 20.4. The Hall–Kier alpha value is -2.17. The van der Waals surface area contributed by atoms with Gasteiger partial charge in [-0.2, -0.15) is 4.31 Å². The quantitative estimate of drug-likeness (QED) is 0.603. The molecule has 10 heteroatoms. The van der Waals surface area contributed by atoms with Crippen LogP contribution in [0.3, 0.4) is 0 Å². The van der Waals surface area contributed by atoms with Gasteiger partial charge in [-0.1, -0.05) is 0 Å². The van der Waals surface area contributed by atoms with Gasteiger partial charge in [-0.15, -0.1) is 0 Å². The molecule has 1 aromatic rings. The third kappa shape index (κ3) is 4.43. The number of morpholine rings is 1. The van der Waals surface area contributed by atoms with Crippen LogP contribution in [0.4, 0.5) is 5.69 Å². The SMILES string of the molecule is COc1ccc(S(=O)(=O)N2CCOCC2)cc1NC(=O)CNC(=O)C12CC3CC(CC(C3)C1)C2. The van der Waals surface area contributed by atoms with E-state index in [0.717, 1.165) is 19.3 Å². The molecule has 186 valence electrons. The molecular weight excluding hydrogens is 458 g/mol. The molecule has 0 atom stereocenters. The fourth-order valence-corrected chi connectivity index (χ4v) is 8.25. The summed E-state index contributed by atoms with van der Waals surface area (Å²) < 4.78 is 37.9. The third-order valence-corrected chi connectivity index (χ3v) is 9.88. The topological polar surface area (TPSA) is 114 Å². The van der Waals surface area contributed by atoms with Crippen LogP contribution in [0.15, 0.2) is 23.1 Å². The van der Waals surface area contributed by atoms with Gasteiger partial charge in [0.25, 0.3) is 0 Å². The zero-order chi connectivity index (χ0) is 23.9. The molecule has 1 aromatic carbocycles. The van der Waals surface area contributed by atoms with Gasteiger partial charge in [0.1, 0.15) is 5.75 Å². The Morgan fingerprint density at radius 1 is 1.09 bits per heavy atom. The average molecular weight is 492 g/mol. The molecule has 0 unspecified atom stereocenters. The lowest BCUT2D eigenvalue weighted by Gasteiger charge is -2.55. The highest BCUT2D eigenvalue weighted by Gasteiger charge is 2.54. The number of sulfonamides is 1. The third-order valence-electron chi connectivity index (χ3n) is 7.98. The van der Waals surface area contributed by atoms with Crippen LogP contribution >= 0.6 is 0 Å². The van der Waals surface area contributed by atoms with Crippen LogP contribution in [0.2, 0.25) is 0 Å². The van der Waals surface area contributed by atoms with Gasteiger partial charge in [-0.05, 0) is 74.5 Å². The molecule has 0 aromatic heterocycles. The molecule has 6 rings (SSSR count). The average Bonchev–Trinajstić information content (AvgIpc) is 2.82. The number of hydrogen-bond acceptors (Lipinski definition) is 6. The normalized spacial score (nSPS) is 30.7. The fraction of sp³-hybridized carbons (Fsp3) is 0.667. The number of rotatable bonds is 7. The van der Waals surface area contributed by atoms with E-state index in [4.69, 9.17) is 9.47 Å². The van der Waals surface area contributed by atoms with Gasteiger partial charge in [0.2, 0.25) is 21.8 Å². The standard InChI is InChI=1S/C24H33N3O6S/c1-32-21-3-2-19(34(30,31)27-4-6-33-7-5-27)11-20(21)26-22(28)15-25-23(29)24-12-16-8-17(13-24)10-18(9-16)14-24/h2-3,11,16-18H,4-10,12-15H2,1H3,(H,25,29)(H,26,28). The first-order valence-electron chi connectivity index (χ1n) is 12.1. The summed E-state index contributed by atoms with van der Waals surface area (Å²) in [6.07, 6.45) is 6.54. The molecule has 1 aliphatic heterocycles. The second-order valence-electron chi connectivity index (χ2n) is 10.3. The van der Waals surface area contributed by atoms with Gasteiger partial charge >= 0.3 is 0 Å². The van der Waals surface area contributed by atoms with E-state index < -0.39 is 15.9 Å². The van der Waals surface area contributed by atoms with Crippen LogP contribution in [0, 0.1) is 23.2 Å². The van der Waals surface area contributed by atoms with Crippen molar-refractivity contribution >= 4 is 27.5 Å². The summed E-state index contributed by atoms with van der Waals surface area (Å²) in [4.78, 5) is 25.9. The largest absolute Gasteiger partial charge is 0.495 e. The minimum Gasteiger partial charge on any atom is -0.495 e. The summed E-state index contributed by atoms with van der Waals surface area (Å²) in [5.74, 6) is 1.85. The van der Waals surface area contributed by atoms with E-state index in [9.17, 15) is 18.0 Å². The second-order valence-corrected chi connectivity index (χ2v) is 12.2. The second kappa shape index (κ2) is 9.13. The Morgan fingerprint density at radius 3 is 2.29 bits per heavy atom. The molecule has 5 fully saturated rings. The van der Waals surface area contributed by atoms with Crippen molar-refractivity contribution < 1.29 is 27.5 Å². The molecule has 2 amide bonds. The van der Waals surface area contributed by atoms with Crippen molar-refractivity contribution in [1.29, 1.82) is 0 Å². The van der Waals surface area contributed by atoms with E-state index in [2.05, 4.69) is 10.6 Å². The molecule has 4 saturated carbocycles. The number of hydrogen-bond donors (Lipinski definition) is 2. The maximum atomic E-state index is 13.1. The van der Waals surface area contributed by atoms with Gasteiger partial charge in [0.05, 0.1) is 37.5 Å². The number of methoxy groups -OCH3 is 1. The van der Waals surface area contributed by atoms with E-state index >= 15 is 0 Å². The fourth-order valence-electron chi connectivity index (χ4n) is 6.81. The van der Waals surface area contributed by atoms with Crippen molar-refractivity contribution in [3.63, 3.8) is 0 Å². The first kappa shape index (κ1) is 23.6. The van der Waals surface area contributed by atoms with Gasteiger partial charge in [0.15, 0.2) is 0 Å². The lowest BCUT2D eigenvalue weighted by Crippen LogP contribution is -2.54. The number of benzene rings is 1. The summed E-state index contributed by atoms with van der Waals surface area (Å²) >= 11 is 0. The van der Waals surface area contributed by atoms with E-state index in [0.29, 0.717) is 36.7 Å². The molecule has 9 nitrogen and oxygen atoms in total. The van der Waals surface area contributed by atoms with Gasteiger partial charge in [-0.25, -0.2) is 8.42 Å². The molecule has 4 aliphatic carbocycles. The van der Waals surface area contributed by atoms with Crippen molar-refractivity contribution in [1.82, 2.24) is 9.62 Å². The number of amides is 2. The minimum absolute atomic E-state index is 0.0163. The van der Waals surface area contributed by atoms with Crippen molar-refractivity contribution in [3.8, 4) is 5.75 Å².